The van der Waals surface area contributed by atoms with E-state index in [0.717, 1.165) is 6.20 Å². The first-order valence-electron chi connectivity index (χ1n) is 3.82. The highest BCUT2D eigenvalue weighted by atomic mass is 35.7. The van der Waals surface area contributed by atoms with Gasteiger partial charge >= 0.3 is 0 Å². The van der Waals surface area contributed by atoms with Crippen molar-refractivity contribution in [3.05, 3.63) is 11.3 Å². The van der Waals surface area contributed by atoms with Crippen LogP contribution in [-0.4, -0.2) is 18.2 Å². The minimum Gasteiger partial charge on any atom is -0.256 e. The number of hydrogen-bond donors (Lipinski definition) is 0. The summed E-state index contributed by atoms with van der Waals surface area (Å²) in [7, 11) is 0.912. The highest BCUT2D eigenvalue weighted by Crippen LogP contribution is 2.22. The van der Waals surface area contributed by atoms with Crippen LogP contribution < -0.4 is 0 Å². The third-order valence-corrected chi connectivity index (χ3v) is 2.74. The van der Waals surface area contributed by atoms with Crippen LogP contribution in [0.15, 0.2) is 11.1 Å². The quantitative estimate of drug-likeness (QED) is 0.660. The second kappa shape index (κ2) is 2.66. The van der Waals surface area contributed by atoms with Crippen molar-refractivity contribution in [2.45, 2.75) is 4.90 Å². The fraction of sp³-hybridized carbons (Fsp3) is 0.250. The van der Waals surface area contributed by atoms with Gasteiger partial charge in [0, 0.05) is 21.8 Å². The third-order valence-electron chi connectivity index (χ3n) is 0.942. The maximum atomic E-state index is 10.8. The van der Waals surface area contributed by atoms with Crippen LogP contribution in [0.5, 0.6) is 0 Å². The molecule has 0 unspecified atom stereocenters. The zero-order chi connectivity index (χ0) is 11.1. The number of aromatic nitrogens is 2. The van der Waals surface area contributed by atoms with Gasteiger partial charge in [-0.3, -0.25) is 4.68 Å². The van der Waals surface area contributed by atoms with Crippen molar-refractivity contribution in [3.8, 4) is 0 Å². The monoisotopic (exact) mass is 217 g/mol. The maximum absolute atomic E-state index is 10.8. The summed E-state index contributed by atoms with van der Waals surface area (Å²) in [6.07, 6.45) is 0.789. The van der Waals surface area contributed by atoms with E-state index in [9.17, 15) is 8.42 Å². The second-order valence-corrected chi connectivity index (χ2v) is 4.54. The number of nitrogens with zero attached hydrogens (tertiary/aromatic N) is 2. The normalized spacial score (nSPS) is 17.1. The Labute approximate surface area is 77.4 Å². The smallest absolute Gasteiger partial charge is 0.256 e. The van der Waals surface area contributed by atoms with Crippen molar-refractivity contribution in [1.82, 2.24) is 9.78 Å². The van der Waals surface area contributed by atoms with Crippen LogP contribution in [0.3, 0.4) is 0 Å². The molecule has 62 valence electrons. The summed E-state index contributed by atoms with van der Waals surface area (Å²) in [5.41, 5.74) is 0. The Morgan fingerprint density at radius 1 is 1.82 bits per heavy atom. The molecule has 4 nitrogen and oxygen atoms in total. The van der Waals surface area contributed by atoms with Crippen LogP contribution in [0.2, 0.25) is 5.15 Å². The molecule has 0 fully saturated rings. The Balaban J connectivity index is 3.37. The fourth-order valence-corrected chi connectivity index (χ4v) is 1.80. The van der Waals surface area contributed by atoms with Gasteiger partial charge in [-0.25, -0.2) is 8.42 Å². The molecule has 0 aliphatic rings. The molecular weight excluding hydrogens is 211 g/mol. The van der Waals surface area contributed by atoms with E-state index >= 15 is 0 Å². The second-order valence-electron chi connectivity index (χ2n) is 1.65. The molecular formula is C4H4Cl2N2O2S. The fourth-order valence-electron chi connectivity index (χ4n) is 0.482. The largest absolute Gasteiger partial charge is 0.265 e. The lowest BCUT2D eigenvalue weighted by Crippen LogP contribution is -1.92. The molecule has 0 aliphatic carbocycles. The number of halogens is 2. The minimum atomic E-state index is -4.07. The van der Waals surface area contributed by atoms with Crippen molar-refractivity contribution in [2.75, 3.05) is 0 Å². The van der Waals surface area contributed by atoms with E-state index < -0.39 is 26.1 Å². The number of hydrogen-bond acceptors (Lipinski definition) is 3. The van der Waals surface area contributed by atoms with Gasteiger partial charge in [0.05, 0.1) is 6.20 Å². The van der Waals surface area contributed by atoms with E-state index in [1.807, 2.05) is 0 Å². The molecule has 0 bridgehead atoms. The van der Waals surface area contributed by atoms with Gasteiger partial charge in [0.25, 0.3) is 9.05 Å². The molecule has 0 atom stereocenters. The lowest BCUT2D eigenvalue weighted by atomic mass is 10.7. The summed E-state index contributed by atoms with van der Waals surface area (Å²) in [6, 6.07) is 0. The van der Waals surface area contributed by atoms with Crippen molar-refractivity contribution in [3.63, 3.8) is 0 Å². The summed E-state index contributed by atoms with van der Waals surface area (Å²) in [4.78, 5) is -0.517. The lowest BCUT2D eigenvalue weighted by Gasteiger charge is -1.91. The molecule has 0 amide bonds. The maximum Gasteiger partial charge on any atom is 0.265 e. The molecule has 7 heteroatoms. The van der Waals surface area contributed by atoms with Gasteiger partial charge in [-0.15, -0.1) is 0 Å². The summed E-state index contributed by atoms with van der Waals surface area (Å²) < 4.78 is 42.9. The van der Waals surface area contributed by atoms with Gasteiger partial charge < -0.3 is 0 Å². The Morgan fingerprint density at radius 3 is 2.73 bits per heavy atom. The molecule has 0 saturated carbocycles. The van der Waals surface area contributed by atoms with Gasteiger partial charge in [-0.2, -0.15) is 5.10 Å². The summed E-state index contributed by atoms with van der Waals surface area (Å²) in [6.45, 7) is -2.63. The Morgan fingerprint density at radius 2 is 2.45 bits per heavy atom. The first-order chi connectivity index (χ1) is 6.14. The molecule has 1 aromatic rings. The zero-order valence-electron chi connectivity index (χ0n) is 7.95. The molecule has 0 radical (unpaired) electrons. The molecule has 1 rings (SSSR count). The first kappa shape index (κ1) is 5.40. The van der Waals surface area contributed by atoms with Crippen LogP contribution >= 0.6 is 22.3 Å². The molecule has 1 heterocycles. The van der Waals surface area contributed by atoms with Gasteiger partial charge in [-0.05, 0) is 0 Å². The zero-order valence-corrected chi connectivity index (χ0v) is 7.28. The number of rotatable bonds is 1. The highest BCUT2D eigenvalue weighted by molar-refractivity contribution is 8.13. The third kappa shape index (κ3) is 1.66. The number of aryl methyl sites for hydroxylation is 1. The van der Waals surface area contributed by atoms with Crippen molar-refractivity contribution in [1.29, 1.82) is 0 Å². The molecule has 0 N–H and O–H groups in total. The van der Waals surface area contributed by atoms with E-state index in [4.69, 9.17) is 26.4 Å². The molecule has 11 heavy (non-hydrogen) atoms. The van der Waals surface area contributed by atoms with Gasteiger partial charge in [0.1, 0.15) is 10.0 Å². The molecule has 0 spiro atoms. The van der Waals surface area contributed by atoms with E-state index in [1.165, 1.54) is 0 Å². The Kier molecular flexibility index (Phi) is 1.30. The predicted molar refractivity (Wildman–Crippen MR) is 41.3 cm³/mol. The van der Waals surface area contributed by atoms with Crippen LogP contribution in [0.4, 0.5) is 0 Å². The van der Waals surface area contributed by atoms with Gasteiger partial charge in [-0.1, -0.05) is 11.6 Å². The molecule has 0 saturated heterocycles. The first-order valence-corrected chi connectivity index (χ1v) is 5.01. The average Bonchev–Trinajstić information content (AvgIpc) is 2.26. The lowest BCUT2D eigenvalue weighted by molar-refractivity contribution is 0.609. The van der Waals surface area contributed by atoms with Gasteiger partial charge in [0.15, 0.2) is 0 Å². The van der Waals surface area contributed by atoms with E-state index in [2.05, 4.69) is 5.10 Å². The SMILES string of the molecule is [2H]C([2H])([2H])n1ncc(S(=O)(=O)Cl)c1Cl. The van der Waals surface area contributed by atoms with Crippen LogP contribution in [0.1, 0.15) is 4.11 Å². The summed E-state index contributed by atoms with van der Waals surface area (Å²) in [5.74, 6) is 0. The van der Waals surface area contributed by atoms with Crippen LogP contribution in [-0.2, 0) is 16.0 Å². The van der Waals surface area contributed by atoms with Crippen LogP contribution in [0, 0.1) is 0 Å². The minimum absolute atomic E-state index is 0.407. The highest BCUT2D eigenvalue weighted by Gasteiger charge is 2.17. The Hall–Kier alpha value is -0.260. The molecule has 0 aromatic carbocycles. The molecule has 0 aliphatic heterocycles. The van der Waals surface area contributed by atoms with Crippen molar-refractivity contribution < 1.29 is 12.5 Å². The molecule has 1 aromatic heterocycles. The van der Waals surface area contributed by atoms with Gasteiger partial charge in [0.2, 0.25) is 0 Å². The van der Waals surface area contributed by atoms with E-state index in [1.54, 1.807) is 0 Å². The standard InChI is InChI=1S/C4H4Cl2N2O2S/c1-8-4(5)3(2-7-8)11(6,9)10/h2H,1H3/i1D3. The average molecular weight is 218 g/mol. The Bertz CT molecular complexity index is 452. The topological polar surface area (TPSA) is 52.0 Å². The van der Waals surface area contributed by atoms with E-state index in [0.29, 0.717) is 4.68 Å². The van der Waals surface area contributed by atoms with E-state index in [-0.39, 0.29) is 0 Å². The summed E-state index contributed by atoms with van der Waals surface area (Å²) in [5, 5.41) is 2.78. The predicted octanol–water partition coefficient (Wildman–Crippen LogP) is 1.00. The van der Waals surface area contributed by atoms with Crippen molar-refractivity contribution >= 4 is 31.3 Å². The van der Waals surface area contributed by atoms with Crippen molar-refractivity contribution in [2.24, 2.45) is 6.98 Å². The van der Waals surface area contributed by atoms with Crippen LogP contribution in [0.25, 0.3) is 0 Å². The summed E-state index contributed by atoms with van der Waals surface area (Å²) >= 11 is 5.47.